The standard InChI is InChI=1S/C23H28BrF2N3O2/c24-13-2-1-12(16(25)9-13)10-28-21(30)19-14-3-4-15(23(14)6-7-23)20(19)22(31)29-18-5-8-27-11-17(18)26/h1-2,9,14-15,17-20,27H,3-8,10-11H2,(H,28,30)(H,29,31)/t14?,15?,17-,18-,19?,20?/m1/s1. The lowest BCUT2D eigenvalue weighted by atomic mass is 9.78. The Bertz CT molecular complexity index is 894. The maximum absolute atomic E-state index is 14.3. The van der Waals surface area contributed by atoms with Gasteiger partial charge in [-0.05, 0) is 68.0 Å². The number of carbonyl (C=O) groups is 2. The zero-order valence-electron chi connectivity index (χ0n) is 17.3. The summed E-state index contributed by atoms with van der Waals surface area (Å²) in [6.07, 6.45) is 3.49. The van der Waals surface area contributed by atoms with Crippen molar-refractivity contribution in [2.24, 2.45) is 29.1 Å². The molecule has 1 aliphatic heterocycles. The predicted molar refractivity (Wildman–Crippen MR) is 115 cm³/mol. The van der Waals surface area contributed by atoms with Gasteiger partial charge < -0.3 is 16.0 Å². The Labute approximate surface area is 189 Å². The Morgan fingerprint density at radius 3 is 2.48 bits per heavy atom. The highest BCUT2D eigenvalue weighted by molar-refractivity contribution is 9.10. The number of hydrogen-bond donors (Lipinski definition) is 3. The molecular formula is C23H28BrF2N3O2. The van der Waals surface area contributed by atoms with E-state index in [0.717, 1.165) is 25.7 Å². The molecule has 3 saturated carbocycles. The number of carbonyl (C=O) groups excluding carboxylic acids is 2. The van der Waals surface area contributed by atoms with Gasteiger partial charge in [-0.3, -0.25) is 9.59 Å². The van der Waals surface area contributed by atoms with Gasteiger partial charge in [-0.15, -0.1) is 0 Å². The van der Waals surface area contributed by atoms with Crippen LogP contribution in [0.5, 0.6) is 0 Å². The number of hydrogen-bond acceptors (Lipinski definition) is 3. The third-order valence-electron chi connectivity index (χ3n) is 8.16. The van der Waals surface area contributed by atoms with Gasteiger partial charge in [0.05, 0.1) is 17.9 Å². The van der Waals surface area contributed by atoms with E-state index in [4.69, 9.17) is 0 Å². The second-order valence-electron chi connectivity index (χ2n) is 9.65. The van der Waals surface area contributed by atoms with Crippen LogP contribution in [0.2, 0.25) is 0 Å². The molecule has 3 N–H and O–H groups in total. The first-order chi connectivity index (χ1) is 14.9. The van der Waals surface area contributed by atoms with Gasteiger partial charge in [-0.25, -0.2) is 8.78 Å². The minimum Gasteiger partial charge on any atom is -0.352 e. The van der Waals surface area contributed by atoms with Crippen molar-refractivity contribution in [2.75, 3.05) is 13.1 Å². The first kappa shape index (κ1) is 21.3. The molecule has 1 spiro atoms. The number of rotatable bonds is 5. The number of alkyl halides is 1. The van der Waals surface area contributed by atoms with Gasteiger partial charge in [-0.1, -0.05) is 22.0 Å². The highest BCUT2D eigenvalue weighted by atomic mass is 79.9. The Hall–Kier alpha value is -1.54. The smallest absolute Gasteiger partial charge is 0.224 e. The van der Waals surface area contributed by atoms with E-state index in [9.17, 15) is 18.4 Å². The van der Waals surface area contributed by atoms with E-state index in [2.05, 4.69) is 31.9 Å². The average Bonchev–Trinajstić information content (AvgIpc) is 3.41. The van der Waals surface area contributed by atoms with E-state index >= 15 is 0 Å². The average molecular weight is 496 g/mol. The van der Waals surface area contributed by atoms with Gasteiger partial charge in [0.2, 0.25) is 11.8 Å². The monoisotopic (exact) mass is 495 g/mol. The molecule has 1 aromatic rings. The van der Waals surface area contributed by atoms with Crippen molar-refractivity contribution in [3.05, 3.63) is 34.1 Å². The molecule has 0 aromatic heterocycles. The molecule has 1 aromatic carbocycles. The molecular weight excluding hydrogens is 468 g/mol. The summed E-state index contributed by atoms with van der Waals surface area (Å²) >= 11 is 3.24. The Balaban J connectivity index is 1.32. The van der Waals surface area contributed by atoms with Gasteiger partial charge in [0.15, 0.2) is 0 Å². The quantitative estimate of drug-likeness (QED) is 0.587. The van der Waals surface area contributed by atoms with Crippen molar-refractivity contribution in [3.63, 3.8) is 0 Å². The summed E-state index contributed by atoms with van der Waals surface area (Å²) in [4.78, 5) is 26.6. The van der Waals surface area contributed by atoms with Crippen LogP contribution in [0.3, 0.4) is 0 Å². The molecule has 2 amide bonds. The van der Waals surface area contributed by atoms with Crippen LogP contribution in [0.25, 0.3) is 0 Å². The first-order valence-corrected chi connectivity index (χ1v) is 12.1. The van der Waals surface area contributed by atoms with Gasteiger partial charge in [-0.2, -0.15) is 0 Å². The van der Waals surface area contributed by atoms with Crippen molar-refractivity contribution in [1.29, 1.82) is 0 Å². The van der Waals surface area contributed by atoms with Crippen molar-refractivity contribution >= 4 is 27.7 Å². The van der Waals surface area contributed by atoms with Gasteiger partial charge in [0, 0.05) is 23.1 Å². The van der Waals surface area contributed by atoms with E-state index < -0.39 is 24.0 Å². The van der Waals surface area contributed by atoms with Crippen LogP contribution in [0.1, 0.15) is 37.7 Å². The topological polar surface area (TPSA) is 70.2 Å². The molecule has 2 bridgehead atoms. The fourth-order valence-corrected chi connectivity index (χ4v) is 6.92. The zero-order valence-corrected chi connectivity index (χ0v) is 18.9. The lowest BCUT2D eigenvalue weighted by Gasteiger charge is -2.33. The largest absolute Gasteiger partial charge is 0.352 e. The fourth-order valence-electron chi connectivity index (χ4n) is 6.59. The molecule has 4 unspecified atom stereocenters. The number of amides is 2. The maximum Gasteiger partial charge on any atom is 0.224 e. The molecule has 5 nitrogen and oxygen atoms in total. The molecule has 4 fully saturated rings. The molecule has 8 heteroatoms. The second kappa shape index (κ2) is 8.10. The summed E-state index contributed by atoms with van der Waals surface area (Å²) in [6, 6.07) is 4.26. The highest BCUT2D eigenvalue weighted by Crippen LogP contribution is 2.74. The number of piperidine rings is 1. The first-order valence-electron chi connectivity index (χ1n) is 11.3. The van der Waals surface area contributed by atoms with Crippen LogP contribution in [-0.4, -0.2) is 37.1 Å². The lowest BCUT2D eigenvalue weighted by molar-refractivity contribution is -0.138. The lowest BCUT2D eigenvalue weighted by Crippen LogP contribution is -2.54. The van der Waals surface area contributed by atoms with Gasteiger partial charge >= 0.3 is 0 Å². The molecule has 1 saturated heterocycles. The highest BCUT2D eigenvalue weighted by Gasteiger charge is 2.71. The fraction of sp³-hybridized carbons (Fsp3) is 0.652. The predicted octanol–water partition coefficient (Wildman–Crippen LogP) is 3.07. The Morgan fingerprint density at radius 2 is 1.84 bits per heavy atom. The maximum atomic E-state index is 14.3. The van der Waals surface area contributed by atoms with Crippen molar-refractivity contribution in [2.45, 2.75) is 50.9 Å². The zero-order chi connectivity index (χ0) is 21.8. The van der Waals surface area contributed by atoms with Crippen LogP contribution < -0.4 is 16.0 Å². The summed E-state index contributed by atoms with van der Waals surface area (Å²) in [5.74, 6) is -1.19. The molecule has 1 heterocycles. The molecule has 4 aliphatic rings. The van der Waals surface area contributed by atoms with Crippen molar-refractivity contribution in [1.82, 2.24) is 16.0 Å². The number of benzene rings is 1. The summed E-state index contributed by atoms with van der Waals surface area (Å²) in [7, 11) is 0. The van der Waals surface area contributed by atoms with E-state index in [-0.39, 0.29) is 48.0 Å². The third kappa shape index (κ3) is 3.69. The number of nitrogens with one attached hydrogen (secondary N) is 3. The van der Waals surface area contributed by atoms with Crippen LogP contribution in [-0.2, 0) is 16.1 Å². The Kier molecular flexibility index (Phi) is 5.57. The van der Waals surface area contributed by atoms with Gasteiger partial charge in [0.25, 0.3) is 0 Å². The van der Waals surface area contributed by atoms with Crippen LogP contribution in [0.15, 0.2) is 22.7 Å². The van der Waals surface area contributed by atoms with Crippen molar-refractivity contribution in [3.8, 4) is 0 Å². The summed E-state index contributed by atoms with van der Waals surface area (Å²) in [5, 5.41) is 8.83. The van der Waals surface area contributed by atoms with Crippen LogP contribution >= 0.6 is 15.9 Å². The number of halogens is 3. The van der Waals surface area contributed by atoms with E-state index in [0.29, 0.717) is 23.0 Å². The third-order valence-corrected chi connectivity index (χ3v) is 8.65. The molecule has 6 atom stereocenters. The molecule has 31 heavy (non-hydrogen) atoms. The minimum absolute atomic E-state index is 0.0913. The molecule has 168 valence electrons. The molecule has 0 radical (unpaired) electrons. The van der Waals surface area contributed by atoms with E-state index in [1.807, 2.05) is 0 Å². The summed E-state index contributed by atoms with van der Waals surface area (Å²) < 4.78 is 29.1. The van der Waals surface area contributed by atoms with Crippen LogP contribution in [0.4, 0.5) is 8.78 Å². The normalized spacial score (nSPS) is 35.2. The van der Waals surface area contributed by atoms with E-state index in [1.165, 1.54) is 6.07 Å². The molecule has 3 aliphatic carbocycles. The van der Waals surface area contributed by atoms with E-state index in [1.54, 1.807) is 12.1 Å². The summed E-state index contributed by atoms with van der Waals surface area (Å²) in [6.45, 7) is 1.01. The summed E-state index contributed by atoms with van der Waals surface area (Å²) in [5.41, 5.74) is 0.521. The second-order valence-corrected chi connectivity index (χ2v) is 10.6. The van der Waals surface area contributed by atoms with Crippen LogP contribution in [0, 0.1) is 34.9 Å². The SMILES string of the molecule is O=C(NCc1ccc(Br)cc1F)C1C(C(=O)N[C@@H]2CCNC[C@H]2F)C2CCC1C21CC1. The van der Waals surface area contributed by atoms with Gasteiger partial charge in [0.1, 0.15) is 12.0 Å². The Morgan fingerprint density at radius 1 is 1.13 bits per heavy atom. The van der Waals surface area contributed by atoms with Crippen molar-refractivity contribution < 1.29 is 18.4 Å². The minimum atomic E-state index is -1.11. The molecule has 5 rings (SSSR count).